The average molecular weight is 576 g/mol. The van der Waals surface area contributed by atoms with Crippen LogP contribution in [0.1, 0.15) is 73.7 Å². The zero-order chi connectivity index (χ0) is 28.6. The van der Waals surface area contributed by atoms with E-state index in [1.165, 1.54) is 29.7 Å². The van der Waals surface area contributed by atoms with Gasteiger partial charge in [-0.05, 0) is 85.3 Å². The molecule has 2 saturated heterocycles. The molecule has 0 spiro atoms. The third-order valence-electron chi connectivity index (χ3n) is 9.03. The van der Waals surface area contributed by atoms with E-state index in [2.05, 4.69) is 46.4 Å². The first-order chi connectivity index (χ1) is 20.0. The molecule has 0 bridgehead atoms. The molecule has 1 N–H and O–H groups in total. The fraction of sp³-hybridized carbons (Fsp3) is 0.500. The fourth-order valence-electron chi connectivity index (χ4n) is 6.50. The van der Waals surface area contributed by atoms with Gasteiger partial charge in [0.15, 0.2) is 0 Å². The molecule has 5 rings (SSSR count). The van der Waals surface area contributed by atoms with Crippen molar-refractivity contribution < 1.29 is 9.66 Å². The van der Waals surface area contributed by atoms with Gasteiger partial charge in [-0.15, -0.1) is 5.01 Å². The van der Waals surface area contributed by atoms with E-state index < -0.39 is 0 Å². The maximum atomic E-state index is 13.9. The number of carbonyl (C=O) groups is 1. The Balaban J connectivity index is 1.26. The van der Waals surface area contributed by atoms with Gasteiger partial charge >= 0.3 is 0 Å². The number of hydrogen-bond donors (Lipinski definition) is 1. The molecule has 0 unspecified atom stereocenters. The van der Waals surface area contributed by atoms with Crippen molar-refractivity contribution in [1.29, 1.82) is 0 Å². The molecule has 0 aromatic heterocycles. The highest BCUT2D eigenvalue weighted by molar-refractivity contribution is 6.31. The minimum atomic E-state index is -0.0833. The summed E-state index contributed by atoms with van der Waals surface area (Å²) in [6, 6.07) is 21.9. The molecular formula is C34H44ClN4O2+. The lowest BCUT2D eigenvalue weighted by atomic mass is 9.95. The lowest BCUT2D eigenvalue weighted by Crippen LogP contribution is -2.43. The van der Waals surface area contributed by atoms with Crippen LogP contribution in [0.5, 0.6) is 0 Å². The van der Waals surface area contributed by atoms with Gasteiger partial charge in [0.05, 0.1) is 18.0 Å². The number of rotatable bonds is 10. The number of likely N-dealkylation sites (tertiary alicyclic amines) is 1. The summed E-state index contributed by atoms with van der Waals surface area (Å²) in [6.45, 7) is 7.47. The summed E-state index contributed by atoms with van der Waals surface area (Å²) < 4.78 is 0. The van der Waals surface area contributed by atoms with Gasteiger partial charge in [0, 0.05) is 42.4 Å². The lowest BCUT2D eigenvalue weighted by Gasteiger charge is -2.27. The van der Waals surface area contributed by atoms with Crippen molar-refractivity contribution in [3.05, 3.63) is 87.8 Å². The Labute approximate surface area is 249 Å². The monoisotopic (exact) mass is 575 g/mol. The summed E-state index contributed by atoms with van der Waals surface area (Å²) in [5, 5.41) is 7.95. The van der Waals surface area contributed by atoms with Crippen LogP contribution in [0, 0.1) is 10.8 Å². The number of nitroso groups, excluding NO2 is 1. The number of nitrogens with zero attached hydrogens (tertiary/aromatic N) is 3. The van der Waals surface area contributed by atoms with Crippen LogP contribution in [-0.4, -0.2) is 66.0 Å². The smallest absolute Gasteiger partial charge is 0.251 e. The Hall–Kier alpha value is -2.96. The van der Waals surface area contributed by atoms with Crippen LogP contribution < -0.4 is 5.32 Å². The van der Waals surface area contributed by atoms with Crippen LogP contribution in [-0.2, 0) is 0 Å². The maximum absolute atomic E-state index is 13.9. The number of piperidine rings is 1. The Morgan fingerprint density at radius 2 is 1.76 bits per heavy atom. The molecule has 7 heteroatoms. The minimum absolute atomic E-state index is 0.0677. The molecule has 1 amide bonds. The molecule has 2 aliphatic rings. The van der Waals surface area contributed by atoms with Gasteiger partial charge < -0.3 is 10.2 Å². The van der Waals surface area contributed by atoms with E-state index in [-0.39, 0.29) is 17.9 Å². The second-order valence-corrected chi connectivity index (χ2v) is 12.3. The highest BCUT2D eigenvalue weighted by Crippen LogP contribution is 2.27. The number of nitrogens with one attached hydrogen (secondary N) is 1. The van der Waals surface area contributed by atoms with Crippen molar-refractivity contribution in [1.82, 2.24) is 15.2 Å². The van der Waals surface area contributed by atoms with E-state index in [9.17, 15) is 9.70 Å². The predicted octanol–water partition coefficient (Wildman–Crippen LogP) is 7.07. The molecular weight excluding hydrogens is 532 g/mol. The fourth-order valence-corrected chi connectivity index (χ4v) is 6.68. The van der Waals surface area contributed by atoms with E-state index >= 15 is 0 Å². The zero-order valence-corrected chi connectivity index (χ0v) is 25.1. The Kier molecular flexibility index (Phi) is 10.3. The summed E-state index contributed by atoms with van der Waals surface area (Å²) in [6.07, 6.45) is 7.36. The highest BCUT2D eigenvalue weighted by atomic mass is 35.5. The number of hydrazine groups is 1. The van der Waals surface area contributed by atoms with Gasteiger partial charge in [0.1, 0.15) is 4.87 Å². The first-order valence-electron chi connectivity index (χ1n) is 15.5. The van der Waals surface area contributed by atoms with Crippen molar-refractivity contribution in [3.8, 4) is 0 Å². The number of benzene rings is 3. The second kappa shape index (κ2) is 14.3. The molecule has 0 saturated carbocycles. The van der Waals surface area contributed by atoms with Crippen molar-refractivity contribution in [2.45, 2.75) is 63.8 Å². The Bertz CT molecular complexity index is 1310. The standard InChI is InChI=1S/C34H43ClN4O2/c1-2-27(28-9-5-3-6-10-28)25-38-20-15-26(21-33(39(38)41)16-19-37-17-7-4-8-18-37)24-36-34(40)31-12-11-30-23-32(35)14-13-29(30)22-31/h3,5-6,9-14,22-23,26-27,33H,2,4,7-8,15-21,24-25H2,1H3/p+1/t26-,27-,33+/m1/s1. The lowest BCUT2D eigenvalue weighted by molar-refractivity contribution is -0.734. The topological polar surface area (TPSA) is 55.7 Å². The van der Waals surface area contributed by atoms with E-state index in [0.29, 0.717) is 29.6 Å². The van der Waals surface area contributed by atoms with Gasteiger partial charge in [-0.3, -0.25) is 4.79 Å². The van der Waals surface area contributed by atoms with E-state index in [1.807, 2.05) is 42.5 Å². The van der Waals surface area contributed by atoms with Crippen molar-refractivity contribution >= 4 is 28.3 Å². The van der Waals surface area contributed by atoms with Gasteiger partial charge in [-0.2, -0.15) is 0 Å². The van der Waals surface area contributed by atoms with Crippen LogP contribution >= 0.6 is 11.6 Å². The van der Waals surface area contributed by atoms with Crippen molar-refractivity contribution in [2.75, 3.05) is 39.3 Å². The van der Waals surface area contributed by atoms with Crippen LogP contribution in [0.15, 0.2) is 66.7 Å². The molecule has 0 aliphatic carbocycles. The first-order valence-corrected chi connectivity index (χ1v) is 15.8. The molecule has 2 fully saturated rings. The number of carbonyl (C=O) groups excluding carboxylic acids is 1. The number of amides is 1. The number of halogens is 1. The van der Waals surface area contributed by atoms with Crippen LogP contribution in [0.4, 0.5) is 0 Å². The normalized spacial score (nSPS) is 21.0. The Morgan fingerprint density at radius 3 is 2.54 bits per heavy atom. The molecule has 3 atom stereocenters. The van der Waals surface area contributed by atoms with Gasteiger partial charge in [0.2, 0.25) is 6.04 Å². The molecule has 3 aromatic carbocycles. The second-order valence-electron chi connectivity index (χ2n) is 11.9. The molecule has 218 valence electrons. The van der Waals surface area contributed by atoms with Gasteiger partial charge in [0.25, 0.3) is 5.91 Å². The summed E-state index contributed by atoms with van der Waals surface area (Å²) in [7, 11) is 0. The maximum Gasteiger partial charge on any atom is 0.251 e. The molecule has 3 aromatic rings. The molecule has 2 heterocycles. The van der Waals surface area contributed by atoms with Crippen LogP contribution in [0.25, 0.3) is 10.8 Å². The van der Waals surface area contributed by atoms with Crippen molar-refractivity contribution in [2.24, 2.45) is 5.92 Å². The summed E-state index contributed by atoms with van der Waals surface area (Å²) in [5.41, 5.74) is 1.94. The number of hydrogen-bond acceptors (Lipinski definition) is 3. The molecule has 2 aliphatic heterocycles. The quantitative estimate of drug-likeness (QED) is 0.263. The third kappa shape index (κ3) is 7.87. The number of fused-ring (bicyclic) bond motifs is 1. The van der Waals surface area contributed by atoms with Gasteiger partial charge in [-0.25, -0.2) is 0 Å². The predicted molar refractivity (Wildman–Crippen MR) is 167 cm³/mol. The average Bonchev–Trinajstić information content (AvgIpc) is 3.16. The minimum Gasteiger partial charge on any atom is -0.352 e. The summed E-state index contributed by atoms with van der Waals surface area (Å²) in [4.78, 5) is 30.9. The van der Waals surface area contributed by atoms with E-state index in [4.69, 9.17) is 11.6 Å². The molecule has 6 nitrogen and oxygen atoms in total. The molecule has 41 heavy (non-hydrogen) atoms. The van der Waals surface area contributed by atoms with Gasteiger partial charge in [-0.1, -0.05) is 67.4 Å². The first kappa shape index (κ1) is 29.5. The third-order valence-corrected chi connectivity index (χ3v) is 9.27. The van der Waals surface area contributed by atoms with Crippen molar-refractivity contribution in [3.63, 3.8) is 0 Å². The summed E-state index contributed by atoms with van der Waals surface area (Å²) in [5.74, 6) is 0.499. The van der Waals surface area contributed by atoms with E-state index in [1.54, 1.807) is 0 Å². The SMILES string of the molecule is CC[C@H](CN1CC[C@@H](CNC(=O)c2ccc3cc(Cl)ccc3c2)C[C@H](CCN2CCCCC2)[N+]1=O)c1ccccc1. The highest BCUT2D eigenvalue weighted by Gasteiger charge is 2.39. The molecule has 0 radical (unpaired) electrons. The van der Waals surface area contributed by atoms with E-state index in [0.717, 1.165) is 62.6 Å². The van der Waals surface area contributed by atoms with Crippen LogP contribution in [0.2, 0.25) is 5.02 Å². The summed E-state index contributed by atoms with van der Waals surface area (Å²) >= 11 is 6.12. The van der Waals surface area contributed by atoms with Crippen LogP contribution in [0.3, 0.4) is 0 Å². The zero-order valence-electron chi connectivity index (χ0n) is 24.3. The largest absolute Gasteiger partial charge is 0.352 e. The Morgan fingerprint density at radius 1 is 1.00 bits per heavy atom.